The summed E-state index contributed by atoms with van der Waals surface area (Å²) in [6.45, 7) is 2.82. The zero-order valence-electron chi connectivity index (χ0n) is 11.2. The molecule has 0 unspecified atom stereocenters. The minimum atomic E-state index is 0.232. The van der Waals surface area contributed by atoms with Gasteiger partial charge in [-0.05, 0) is 24.6 Å². The molecule has 0 radical (unpaired) electrons. The second-order valence-corrected chi connectivity index (χ2v) is 4.66. The number of nitrogens with one attached hydrogen (secondary N) is 1. The van der Waals surface area contributed by atoms with Crippen LogP contribution in [-0.4, -0.2) is 14.7 Å². The van der Waals surface area contributed by atoms with Gasteiger partial charge in [-0.1, -0.05) is 17.3 Å². The molecule has 2 heterocycles. The van der Waals surface area contributed by atoms with E-state index in [1.54, 1.807) is 18.8 Å². The fraction of sp³-hybridized carbons (Fsp3) is 0.200. The summed E-state index contributed by atoms with van der Waals surface area (Å²) in [4.78, 5) is 4.07. The van der Waals surface area contributed by atoms with Crippen LogP contribution in [0.4, 0.5) is 0 Å². The van der Waals surface area contributed by atoms with Gasteiger partial charge in [-0.2, -0.15) is 0 Å². The molecule has 0 bridgehead atoms. The molecule has 5 heteroatoms. The van der Waals surface area contributed by atoms with Gasteiger partial charge in [-0.25, -0.2) is 4.98 Å². The molecule has 1 N–H and O–H groups in total. The minimum Gasteiger partial charge on any atom is -0.364 e. The van der Waals surface area contributed by atoms with Gasteiger partial charge in [0.25, 0.3) is 0 Å². The fourth-order valence-corrected chi connectivity index (χ4v) is 2.07. The summed E-state index contributed by atoms with van der Waals surface area (Å²) >= 11 is 0. The molecule has 1 atom stereocenters. The van der Waals surface area contributed by atoms with Crippen molar-refractivity contribution in [2.45, 2.75) is 19.5 Å². The Labute approximate surface area is 117 Å². The first-order valence-corrected chi connectivity index (χ1v) is 6.54. The highest BCUT2D eigenvalue weighted by Gasteiger charge is 2.07. The Morgan fingerprint density at radius 3 is 3.05 bits per heavy atom. The highest BCUT2D eigenvalue weighted by atomic mass is 16.5. The summed E-state index contributed by atoms with van der Waals surface area (Å²) in [5.41, 5.74) is 3.23. The van der Waals surface area contributed by atoms with Crippen LogP contribution in [0.5, 0.6) is 0 Å². The standard InChI is InChI=1S/C15H16N4O/c1-12(17-10-14-5-8-20-18-14)13-3-2-4-15(9-13)19-7-6-16-11-19/h2-9,11-12,17H,10H2,1H3/t12-/m0/s1. The van der Waals surface area contributed by atoms with Gasteiger partial charge in [0.1, 0.15) is 6.26 Å². The van der Waals surface area contributed by atoms with E-state index in [0.29, 0.717) is 6.54 Å². The van der Waals surface area contributed by atoms with E-state index in [-0.39, 0.29) is 6.04 Å². The van der Waals surface area contributed by atoms with Crippen LogP contribution in [0.3, 0.4) is 0 Å². The van der Waals surface area contributed by atoms with Gasteiger partial charge in [0, 0.05) is 36.7 Å². The van der Waals surface area contributed by atoms with Gasteiger partial charge in [0.2, 0.25) is 0 Å². The van der Waals surface area contributed by atoms with Gasteiger partial charge in [-0.15, -0.1) is 0 Å². The molecule has 20 heavy (non-hydrogen) atoms. The van der Waals surface area contributed by atoms with E-state index >= 15 is 0 Å². The van der Waals surface area contributed by atoms with Gasteiger partial charge in [0.05, 0.1) is 12.0 Å². The smallest absolute Gasteiger partial charge is 0.124 e. The van der Waals surface area contributed by atoms with Crippen molar-refractivity contribution in [3.05, 3.63) is 66.6 Å². The number of nitrogens with zero attached hydrogens (tertiary/aromatic N) is 3. The third-order valence-corrected chi connectivity index (χ3v) is 3.25. The Kier molecular flexibility index (Phi) is 3.60. The Morgan fingerprint density at radius 2 is 2.30 bits per heavy atom. The highest BCUT2D eigenvalue weighted by molar-refractivity contribution is 5.37. The van der Waals surface area contributed by atoms with Gasteiger partial charge >= 0.3 is 0 Å². The van der Waals surface area contributed by atoms with Crippen molar-refractivity contribution < 1.29 is 4.52 Å². The predicted molar refractivity (Wildman–Crippen MR) is 75.3 cm³/mol. The second-order valence-electron chi connectivity index (χ2n) is 4.66. The molecule has 102 valence electrons. The van der Waals surface area contributed by atoms with Crippen molar-refractivity contribution >= 4 is 0 Å². The van der Waals surface area contributed by atoms with Crippen molar-refractivity contribution in [3.63, 3.8) is 0 Å². The number of aromatic nitrogens is 3. The van der Waals surface area contributed by atoms with E-state index in [1.807, 2.05) is 16.8 Å². The average Bonchev–Trinajstić information content (AvgIpc) is 3.18. The normalized spacial score (nSPS) is 12.4. The van der Waals surface area contributed by atoms with Crippen molar-refractivity contribution in [1.82, 2.24) is 20.0 Å². The lowest BCUT2D eigenvalue weighted by molar-refractivity contribution is 0.406. The van der Waals surface area contributed by atoms with Crippen LogP contribution in [0.25, 0.3) is 5.69 Å². The van der Waals surface area contributed by atoms with Crippen LogP contribution in [0, 0.1) is 0 Å². The van der Waals surface area contributed by atoms with Gasteiger partial charge < -0.3 is 14.4 Å². The second kappa shape index (κ2) is 5.71. The molecule has 0 aliphatic rings. The zero-order valence-corrected chi connectivity index (χ0v) is 11.2. The summed E-state index contributed by atoms with van der Waals surface area (Å²) < 4.78 is 6.81. The third-order valence-electron chi connectivity index (χ3n) is 3.25. The molecule has 0 saturated carbocycles. The van der Waals surface area contributed by atoms with Crippen molar-refractivity contribution in [3.8, 4) is 5.69 Å². The predicted octanol–water partition coefficient (Wildman–Crippen LogP) is 2.71. The van der Waals surface area contributed by atoms with E-state index in [4.69, 9.17) is 4.52 Å². The lowest BCUT2D eigenvalue weighted by Gasteiger charge is -2.14. The summed E-state index contributed by atoms with van der Waals surface area (Å²) in [6.07, 6.45) is 7.10. The van der Waals surface area contributed by atoms with E-state index in [0.717, 1.165) is 11.4 Å². The Hall–Kier alpha value is -2.40. The lowest BCUT2D eigenvalue weighted by Crippen LogP contribution is -2.18. The Morgan fingerprint density at radius 1 is 1.35 bits per heavy atom. The first kappa shape index (κ1) is 12.6. The monoisotopic (exact) mass is 268 g/mol. The fourth-order valence-electron chi connectivity index (χ4n) is 2.07. The van der Waals surface area contributed by atoms with Crippen molar-refractivity contribution in [2.24, 2.45) is 0 Å². The molecule has 0 amide bonds. The van der Waals surface area contributed by atoms with Crippen molar-refractivity contribution in [1.29, 1.82) is 0 Å². The molecular formula is C15H16N4O. The van der Waals surface area contributed by atoms with E-state index < -0.39 is 0 Å². The van der Waals surface area contributed by atoms with E-state index in [9.17, 15) is 0 Å². The average molecular weight is 268 g/mol. The van der Waals surface area contributed by atoms with Crippen LogP contribution in [0.1, 0.15) is 24.2 Å². The van der Waals surface area contributed by atoms with Crippen LogP contribution in [-0.2, 0) is 6.54 Å². The summed E-state index contributed by atoms with van der Waals surface area (Å²) in [7, 11) is 0. The molecule has 0 aliphatic heterocycles. The molecule has 3 aromatic rings. The van der Waals surface area contributed by atoms with Gasteiger partial charge in [0.15, 0.2) is 0 Å². The minimum absolute atomic E-state index is 0.232. The molecule has 0 aliphatic carbocycles. The molecular weight excluding hydrogens is 252 g/mol. The number of hydrogen-bond donors (Lipinski definition) is 1. The topological polar surface area (TPSA) is 55.9 Å². The van der Waals surface area contributed by atoms with E-state index in [1.165, 1.54) is 5.56 Å². The summed E-state index contributed by atoms with van der Waals surface area (Å²) in [5, 5.41) is 7.32. The van der Waals surface area contributed by atoms with Gasteiger partial charge in [-0.3, -0.25) is 0 Å². The molecule has 0 saturated heterocycles. The molecule has 1 aromatic carbocycles. The first-order valence-electron chi connectivity index (χ1n) is 6.54. The Bertz CT molecular complexity index is 646. The number of hydrogen-bond acceptors (Lipinski definition) is 4. The maximum atomic E-state index is 4.82. The summed E-state index contributed by atoms with van der Waals surface area (Å²) in [6, 6.07) is 10.5. The largest absolute Gasteiger partial charge is 0.364 e. The third kappa shape index (κ3) is 2.78. The van der Waals surface area contributed by atoms with Crippen LogP contribution >= 0.6 is 0 Å². The maximum Gasteiger partial charge on any atom is 0.124 e. The number of rotatable bonds is 5. The quantitative estimate of drug-likeness (QED) is 0.773. The van der Waals surface area contributed by atoms with Crippen molar-refractivity contribution in [2.75, 3.05) is 0 Å². The molecule has 3 rings (SSSR count). The number of imidazole rings is 1. The van der Waals surface area contributed by atoms with Crippen LogP contribution in [0.2, 0.25) is 0 Å². The first-order chi connectivity index (χ1) is 9.83. The lowest BCUT2D eigenvalue weighted by atomic mass is 10.1. The zero-order chi connectivity index (χ0) is 13.8. The van der Waals surface area contributed by atoms with E-state index in [2.05, 4.69) is 46.6 Å². The molecule has 0 spiro atoms. The molecule has 5 nitrogen and oxygen atoms in total. The van der Waals surface area contributed by atoms with Crippen LogP contribution < -0.4 is 5.32 Å². The maximum absolute atomic E-state index is 4.82. The molecule has 0 fully saturated rings. The highest BCUT2D eigenvalue weighted by Crippen LogP contribution is 2.17. The summed E-state index contributed by atoms with van der Waals surface area (Å²) in [5.74, 6) is 0. The Balaban J connectivity index is 1.71. The van der Waals surface area contributed by atoms with Crippen LogP contribution in [0.15, 0.2) is 59.8 Å². The number of benzene rings is 1. The molecule has 2 aromatic heterocycles. The SMILES string of the molecule is C[C@H](NCc1ccon1)c1cccc(-n2ccnc2)c1.